The van der Waals surface area contributed by atoms with Gasteiger partial charge in [-0.2, -0.15) is 10.4 Å². The second-order valence-corrected chi connectivity index (χ2v) is 25.4. The monoisotopic (exact) mass is 1300 g/mol. The molecular weight excluding hydrogens is 1190 g/mol. The molecule has 29 heteroatoms. The van der Waals surface area contributed by atoms with E-state index in [1.54, 1.807) is 17.1 Å². The van der Waals surface area contributed by atoms with E-state index in [1.807, 2.05) is 24.0 Å². The number of nitrogens with two attached hydrogens (primary N) is 4. The molecule has 0 radical (unpaired) electrons. The summed E-state index contributed by atoms with van der Waals surface area (Å²) in [6, 6.07) is 1.96. The Morgan fingerprint density at radius 3 is 2.20 bits per heavy atom. The van der Waals surface area contributed by atoms with Crippen LogP contribution in [0, 0.1) is 29.1 Å². The summed E-state index contributed by atoms with van der Waals surface area (Å²) in [5.41, 5.74) is 15.6. The molecule has 2 aliphatic carbocycles. The molecule has 4 fully saturated rings. The highest BCUT2D eigenvalue weighted by molar-refractivity contribution is 6.31. The van der Waals surface area contributed by atoms with Crippen molar-refractivity contribution in [1.82, 2.24) is 44.8 Å². The van der Waals surface area contributed by atoms with E-state index >= 15 is 0 Å². The van der Waals surface area contributed by atoms with Gasteiger partial charge >= 0.3 is 0 Å². The standard InChI is InChI=1S/C63H114N16O13/c1-47(76(40-53(70-67)36-69-17-6-3-9-22-87-56-15-16-59(83)50(32-56)44-80)41-55-43-79(74-72-55)21-25-86-27-29-90-62-31-49(35-64)30-48(2)91-62)12-5-8-18-75(39-54-42-78(73-71-54)19-7-4-10-23-89-61-14-11-13-57(46-82)92-61)37-52(65)38-77(68)20-24-85-26-28-88-58-33-51(45-81)63(66)60(84)34-58/h36,38,42-43,47-51,56-63,80-84H,3-34,37,39-41,44-46,65-68H2,1-2H3/b52-38-,69-36?,70-53?. The summed E-state index contributed by atoms with van der Waals surface area (Å²) in [4.78, 5) is 9.28. The number of hydrogen-bond donors (Lipinski definition) is 9. The molecule has 0 amide bonds. The first-order valence-electron chi connectivity index (χ1n) is 34.0. The molecule has 13 N–H and O–H groups in total. The zero-order valence-electron chi connectivity index (χ0n) is 55.1. The van der Waals surface area contributed by atoms with Crippen molar-refractivity contribution in [2.45, 2.75) is 223 Å². The van der Waals surface area contributed by atoms with E-state index in [9.17, 15) is 30.8 Å². The Balaban J connectivity index is 1.00. The molecule has 0 spiro atoms. The fraction of sp³-hybridized carbons (Fsp3) is 0.857. The minimum Gasteiger partial charge on any atom is -0.400 e. The number of aliphatic hydroxyl groups is 5. The Morgan fingerprint density at radius 2 is 1.43 bits per heavy atom. The fourth-order valence-corrected chi connectivity index (χ4v) is 12.3. The van der Waals surface area contributed by atoms with Gasteiger partial charge in [0.25, 0.3) is 0 Å². The maximum atomic E-state index is 10.3. The van der Waals surface area contributed by atoms with Crippen LogP contribution in [0.5, 0.6) is 0 Å². The van der Waals surface area contributed by atoms with Crippen molar-refractivity contribution in [3.05, 3.63) is 35.7 Å². The molecule has 0 bridgehead atoms. The number of hydrazone groups is 1. The molecule has 6 rings (SSSR count). The highest BCUT2D eigenvalue weighted by Crippen LogP contribution is 2.29. The van der Waals surface area contributed by atoms with Gasteiger partial charge in [0.2, 0.25) is 0 Å². The number of ether oxygens (including phenoxy) is 8. The van der Waals surface area contributed by atoms with E-state index in [2.05, 4.69) is 48.5 Å². The lowest BCUT2D eigenvalue weighted by Crippen LogP contribution is -2.50. The zero-order chi connectivity index (χ0) is 65.7. The molecule has 13 unspecified atom stereocenters. The lowest BCUT2D eigenvalue weighted by Gasteiger charge is -2.36. The third-order valence-corrected chi connectivity index (χ3v) is 17.7. The summed E-state index contributed by atoms with van der Waals surface area (Å²) in [6.07, 6.45) is 20.5. The fourth-order valence-electron chi connectivity index (χ4n) is 12.3. The van der Waals surface area contributed by atoms with Crippen LogP contribution >= 0.6 is 0 Å². The van der Waals surface area contributed by atoms with Gasteiger partial charge in [0.05, 0.1) is 125 Å². The van der Waals surface area contributed by atoms with Crippen molar-refractivity contribution in [1.29, 1.82) is 5.26 Å². The van der Waals surface area contributed by atoms with Gasteiger partial charge in [-0.3, -0.25) is 19.5 Å². The van der Waals surface area contributed by atoms with Crippen LogP contribution in [0.3, 0.4) is 0 Å². The summed E-state index contributed by atoms with van der Waals surface area (Å²) >= 11 is 0. The van der Waals surface area contributed by atoms with Gasteiger partial charge in [-0.1, -0.05) is 16.8 Å². The van der Waals surface area contributed by atoms with Crippen LogP contribution < -0.4 is 23.2 Å². The van der Waals surface area contributed by atoms with Crippen LogP contribution in [0.4, 0.5) is 0 Å². The molecule has 2 aromatic heterocycles. The summed E-state index contributed by atoms with van der Waals surface area (Å²) in [5, 5.41) is 82.3. The Kier molecular flexibility index (Phi) is 36.9. The normalized spacial score (nSPS) is 26.3. The van der Waals surface area contributed by atoms with Crippen LogP contribution in [0.15, 0.2) is 34.4 Å². The van der Waals surface area contributed by atoms with Gasteiger partial charge in [0, 0.05) is 133 Å². The van der Waals surface area contributed by atoms with Crippen molar-refractivity contribution in [3.63, 3.8) is 0 Å². The maximum absolute atomic E-state index is 10.3. The largest absolute Gasteiger partial charge is 0.400 e. The molecule has 524 valence electrons. The van der Waals surface area contributed by atoms with Gasteiger partial charge < -0.3 is 85.7 Å². The first kappa shape index (κ1) is 76.6. The molecule has 2 saturated carbocycles. The predicted molar refractivity (Wildman–Crippen MR) is 344 cm³/mol. The highest BCUT2D eigenvalue weighted by atomic mass is 16.7. The van der Waals surface area contributed by atoms with Gasteiger partial charge in [-0.05, 0) is 123 Å². The van der Waals surface area contributed by atoms with Crippen molar-refractivity contribution in [2.75, 3.05) is 105 Å². The quantitative estimate of drug-likeness (QED) is 0.0198. The van der Waals surface area contributed by atoms with Crippen LogP contribution in [-0.2, 0) is 64.1 Å². The SMILES string of the molecule is CC1CC(C#N)CC(OCCOCCn2cc(CN(CC(C=NCCCCCOC3CCC(O)C(CO)C3)=NN)C(C)CCCCN(C/C(N)=C/N(N)CCOCCOC3CC(O)C(N)C(CO)C3)Cc3cn(CCCCCOC4CCCC(CO)O4)nn3)nn2)O1. The summed E-state index contributed by atoms with van der Waals surface area (Å²) in [7, 11) is 0. The maximum Gasteiger partial charge on any atom is 0.159 e. The number of hydrogen-bond acceptors (Lipinski definition) is 27. The number of aliphatic hydroxyl groups excluding tert-OH is 5. The average molecular weight is 1300 g/mol. The van der Waals surface area contributed by atoms with E-state index < -0.39 is 24.5 Å². The molecule has 92 heavy (non-hydrogen) atoms. The second kappa shape index (κ2) is 44.3. The lowest BCUT2D eigenvalue weighted by molar-refractivity contribution is -0.201. The number of aliphatic imine (C=N–C) groups is 1. The Morgan fingerprint density at radius 1 is 0.728 bits per heavy atom. The summed E-state index contributed by atoms with van der Waals surface area (Å²) in [6.45, 7) is 12.3. The van der Waals surface area contributed by atoms with E-state index in [1.165, 1.54) is 5.01 Å². The van der Waals surface area contributed by atoms with Crippen molar-refractivity contribution >= 4 is 11.9 Å². The van der Waals surface area contributed by atoms with Crippen molar-refractivity contribution in [2.24, 2.45) is 51.0 Å². The molecule has 2 saturated heterocycles. The first-order chi connectivity index (χ1) is 44.7. The summed E-state index contributed by atoms with van der Waals surface area (Å²) < 4.78 is 50.9. The van der Waals surface area contributed by atoms with E-state index in [0.717, 1.165) is 108 Å². The Hall–Kier alpha value is -4.43. The number of aromatic nitrogens is 6. The topological polar surface area (TPSA) is 399 Å². The van der Waals surface area contributed by atoms with Crippen LogP contribution in [0.2, 0.25) is 0 Å². The average Bonchev–Trinajstić information content (AvgIpc) is 3.07. The van der Waals surface area contributed by atoms with Gasteiger partial charge in [0.15, 0.2) is 12.6 Å². The number of aryl methyl sites for hydroxylation is 1. The lowest BCUT2D eigenvalue weighted by atomic mass is 9.82. The van der Waals surface area contributed by atoms with Gasteiger partial charge in [0.1, 0.15) is 0 Å². The third kappa shape index (κ3) is 29.7. The molecule has 2 aromatic rings. The minimum atomic E-state index is -0.718. The summed E-state index contributed by atoms with van der Waals surface area (Å²) in [5.74, 6) is 12.1. The van der Waals surface area contributed by atoms with E-state index in [0.29, 0.717) is 149 Å². The third-order valence-electron chi connectivity index (χ3n) is 17.7. The van der Waals surface area contributed by atoms with Crippen LogP contribution in [0.25, 0.3) is 0 Å². The number of nitrogens with zero attached hydrogens (tertiary/aromatic N) is 12. The molecule has 13 atom stereocenters. The van der Waals surface area contributed by atoms with Gasteiger partial charge in [-0.25, -0.2) is 10.5 Å². The molecule has 0 aromatic carbocycles. The predicted octanol–water partition coefficient (Wildman–Crippen LogP) is 2.07. The number of nitriles is 1. The van der Waals surface area contributed by atoms with E-state index in [-0.39, 0.29) is 74.3 Å². The van der Waals surface area contributed by atoms with Gasteiger partial charge in [-0.15, -0.1) is 10.2 Å². The number of rotatable bonds is 47. The minimum absolute atomic E-state index is 0.0194. The number of hydrazine groups is 1. The zero-order valence-corrected chi connectivity index (χ0v) is 55.1. The van der Waals surface area contributed by atoms with E-state index in [4.69, 9.17) is 66.0 Å². The highest BCUT2D eigenvalue weighted by Gasteiger charge is 2.35. The Labute approximate surface area is 545 Å². The van der Waals surface area contributed by atoms with Crippen molar-refractivity contribution in [3.8, 4) is 6.07 Å². The van der Waals surface area contributed by atoms with Crippen LogP contribution in [-0.4, -0.2) is 249 Å². The molecular formula is C63H114N16O13. The first-order valence-corrected chi connectivity index (χ1v) is 34.0. The van der Waals surface area contributed by atoms with Crippen molar-refractivity contribution < 1.29 is 63.4 Å². The molecule has 2 aliphatic heterocycles. The molecule has 29 nitrogen and oxygen atoms in total. The molecule has 4 heterocycles. The molecule has 4 aliphatic rings. The Bertz CT molecular complexity index is 2410. The van der Waals surface area contributed by atoms with Crippen LogP contribution in [0.1, 0.15) is 147 Å². The smallest absolute Gasteiger partial charge is 0.159 e. The second-order valence-electron chi connectivity index (χ2n) is 25.4. The number of unbranched alkanes of at least 4 members (excludes halogenated alkanes) is 5.